The number of hydrogen-bond donors (Lipinski definition) is 1. The van der Waals surface area contributed by atoms with Crippen molar-refractivity contribution in [2.75, 3.05) is 25.6 Å². The Hall–Kier alpha value is -3.14. The summed E-state index contributed by atoms with van der Waals surface area (Å²) >= 11 is 0. The number of aromatic nitrogens is 2. The SMILES string of the molecule is COc1cc2nc(C)nc(N[C@H](C)c3cccc(C(F)(F)F)c3F)c2cc1OC[C@@H]1CCCN1C(C)C. The van der Waals surface area contributed by atoms with E-state index in [1.807, 2.05) is 0 Å². The monoisotopic (exact) mass is 520 g/mol. The standard InChI is InChI=1S/C27H32F4N4O2/c1-15(2)35-11-7-8-18(35)14-37-24-12-20-22(13-23(24)36-5)33-17(4)34-26(20)32-16(3)19-9-6-10-21(25(19)28)27(29,30)31/h6,9-10,12-13,15-16,18H,7-8,11,14H2,1-5H3,(H,32,33,34)/t16-,18+/m1/s1. The lowest BCUT2D eigenvalue weighted by Crippen LogP contribution is -2.39. The molecular weight excluding hydrogens is 488 g/mol. The van der Waals surface area contributed by atoms with E-state index in [0.717, 1.165) is 25.5 Å². The molecule has 1 fully saturated rings. The fourth-order valence-electron chi connectivity index (χ4n) is 4.92. The molecule has 1 aliphatic rings. The molecule has 1 aromatic heterocycles. The van der Waals surface area contributed by atoms with Gasteiger partial charge in [-0.1, -0.05) is 12.1 Å². The van der Waals surface area contributed by atoms with E-state index in [0.29, 0.717) is 46.7 Å². The summed E-state index contributed by atoms with van der Waals surface area (Å²) in [6, 6.07) is 6.67. The van der Waals surface area contributed by atoms with E-state index in [-0.39, 0.29) is 11.6 Å². The molecule has 0 aliphatic carbocycles. The molecule has 1 N–H and O–H groups in total. The van der Waals surface area contributed by atoms with Gasteiger partial charge in [-0.25, -0.2) is 14.4 Å². The first-order valence-corrected chi connectivity index (χ1v) is 12.4. The zero-order valence-corrected chi connectivity index (χ0v) is 21.6. The Kier molecular flexibility index (Phi) is 7.77. The first kappa shape index (κ1) is 26.9. The highest BCUT2D eigenvalue weighted by Crippen LogP contribution is 2.37. The number of nitrogens with one attached hydrogen (secondary N) is 1. The van der Waals surface area contributed by atoms with E-state index < -0.39 is 23.6 Å². The van der Waals surface area contributed by atoms with Gasteiger partial charge in [0.2, 0.25) is 0 Å². The third-order valence-corrected chi connectivity index (χ3v) is 6.76. The maximum absolute atomic E-state index is 14.8. The highest BCUT2D eigenvalue weighted by molar-refractivity contribution is 5.92. The van der Waals surface area contributed by atoms with Crippen LogP contribution in [0.25, 0.3) is 10.9 Å². The van der Waals surface area contributed by atoms with E-state index in [2.05, 4.69) is 34.0 Å². The molecule has 10 heteroatoms. The average molecular weight is 521 g/mol. The summed E-state index contributed by atoms with van der Waals surface area (Å²) in [5.74, 6) is 0.536. The van der Waals surface area contributed by atoms with Crippen molar-refractivity contribution in [2.45, 2.75) is 64.8 Å². The first-order chi connectivity index (χ1) is 17.5. The van der Waals surface area contributed by atoms with Crippen molar-refractivity contribution in [1.29, 1.82) is 0 Å². The fraction of sp³-hybridized carbons (Fsp3) is 0.481. The van der Waals surface area contributed by atoms with E-state index in [1.165, 1.54) is 12.1 Å². The second kappa shape index (κ2) is 10.7. The molecule has 0 unspecified atom stereocenters. The summed E-state index contributed by atoms with van der Waals surface area (Å²) in [5.41, 5.74) is -0.843. The van der Waals surface area contributed by atoms with Crippen LogP contribution in [-0.2, 0) is 6.18 Å². The van der Waals surface area contributed by atoms with Gasteiger partial charge in [-0.15, -0.1) is 0 Å². The number of benzene rings is 2. The minimum atomic E-state index is -4.79. The van der Waals surface area contributed by atoms with Crippen LogP contribution >= 0.6 is 0 Å². The van der Waals surface area contributed by atoms with Crippen LogP contribution in [0.15, 0.2) is 30.3 Å². The van der Waals surface area contributed by atoms with Crippen molar-refractivity contribution in [3.05, 3.63) is 53.1 Å². The Balaban J connectivity index is 1.66. The number of anilines is 1. The minimum Gasteiger partial charge on any atom is -0.493 e. The van der Waals surface area contributed by atoms with Crippen molar-refractivity contribution in [3.63, 3.8) is 0 Å². The number of rotatable bonds is 8. The van der Waals surface area contributed by atoms with Gasteiger partial charge in [0.15, 0.2) is 11.5 Å². The highest BCUT2D eigenvalue weighted by atomic mass is 19.4. The lowest BCUT2D eigenvalue weighted by molar-refractivity contribution is -0.140. The number of alkyl halides is 3. The Bertz CT molecular complexity index is 1270. The van der Waals surface area contributed by atoms with Crippen molar-refractivity contribution < 1.29 is 27.0 Å². The molecule has 3 aromatic rings. The van der Waals surface area contributed by atoms with Gasteiger partial charge in [0.25, 0.3) is 0 Å². The largest absolute Gasteiger partial charge is 0.493 e. The summed E-state index contributed by atoms with van der Waals surface area (Å²) in [6.07, 6.45) is -2.62. The molecule has 0 saturated carbocycles. The number of ether oxygens (including phenoxy) is 2. The van der Waals surface area contributed by atoms with Crippen molar-refractivity contribution in [3.8, 4) is 11.5 Å². The number of aryl methyl sites for hydroxylation is 1. The molecule has 0 spiro atoms. The van der Waals surface area contributed by atoms with E-state index in [9.17, 15) is 17.6 Å². The number of fused-ring (bicyclic) bond motifs is 1. The molecule has 4 rings (SSSR count). The van der Waals surface area contributed by atoms with Gasteiger partial charge in [0, 0.05) is 29.1 Å². The third-order valence-electron chi connectivity index (χ3n) is 6.76. The van der Waals surface area contributed by atoms with E-state index in [4.69, 9.17) is 9.47 Å². The molecule has 200 valence electrons. The second-order valence-electron chi connectivity index (χ2n) is 9.65. The molecular formula is C27H32F4N4O2. The van der Waals surface area contributed by atoms with Crippen LogP contribution in [0, 0.1) is 12.7 Å². The zero-order chi connectivity index (χ0) is 26.9. The van der Waals surface area contributed by atoms with Crippen molar-refractivity contribution in [1.82, 2.24) is 14.9 Å². The molecule has 0 amide bonds. The fourth-order valence-corrected chi connectivity index (χ4v) is 4.92. The number of likely N-dealkylation sites (tertiary alicyclic amines) is 1. The Morgan fingerprint density at radius 3 is 2.57 bits per heavy atom. The molecule has 1 saturated heterocycles. The number of methoxy groups -OCH3 is 1. The molecule has 6 nitrogen and oxygen atoms in total. The lowest BCUT2D eigenvalue weighted by atomic mass is 10.0. The third kappa shape index (κ3) is 5.74. The van der Waals surface area contributed by atoms with Gasteiger partial charge in [0.1, 0.15) is 24.1 Å². The van der Waals surface area contributed by atoms with Gasteiger partial charge in [-0.05, 0) is 59.2 Å². The molecule has 0 radical (unpaired) electrons. The Morgan fingerprint density at radius 2 is 1.89 bits per heavy atom. The molecule has 2 aromatic carbocycles. The van der Waals surface area contributed by atoms with E-state index >= 15 is 0 Å². The maximum Gasteiger partial charge on any atom is 0.419 e. The van der Waals surface area contributed by atoms with Crippen molar-refractivity contribution in [2.24, 2.45) is 0 Å². The van der Waals surface area contributed by atoms with Crippen LogP contribution < -0.4 is 14.8 Å². The number of halogens is 4. The van der Waals surface area contributed by atoms with Crippen LogP contribution in [-0.4, -0.2) is 47.2 Å². The van der Waals surface area contributed by atoms with Gasteiger partial charge in [-0.3, -0.25) is 4.90 Å². The van der Waals surface area contributed by atoms with E-state index in [1.54, 1.807) is 33.1 Å². The molecule has 2 atom stereocenters. The summed E-state index contributed by atoms with van der Waals surface area (Å²) < 4.78 is 66.3. The number of hydrogen-bond acceptors (Lipinski definition) is 6. The quantitative estimate of drug-likeness (QED) is 0.341. The first-order valence-electron chi connectivity index (χ1n) is 12.4. The Labute approximate surface area is 214 Å². The smallest absolute Gasteiger partial charge is 0.419 e. The Morgan fingerprint density at radius 1 is 1.14 bits per heavy atom. The van der Waals surface area contributed by atoms with Crippen LogP contribution in [0.1, 0.15) is 56.6 Å². The molecule has 2 heterocycles. The summed E-state index contributed by atoms with van der Waals surface area (Å²) in [7, 11) is 1.55. The van der Waals surface area contributed by atoms with Crippen LogP contribution in [0.3, 0.4) is 0 Å². The second-order valence-corrected chi connectivity index (χ2v) is 9.65. The predicted octanol–water partition coefficient (Wildman–Crippen LogP) is 6.53. The molecule has 1 aliphatic heterocycles. The van der Waals surface area contributed by atoms with Gasteiger partial charge in [-0.2, -0.15) is 13.2 Å². The van der Waals surface area contributed by atoms with Gasteiger partial charge in [0.05, 0.1) is 24.2 Å². The summed E-state index contributed by atoms with van der Waals surface area (Å²) in [5, 5.41) is 3.67. The minimum absolute atomic E-state index is 0.112. The normalized spacial score (nSPS) is 17.4. The average Bonchev–Trinajstić information content (AvgIpc) is 3.30. The van der Waals surface area contributed by atoms with Crippen LogP contribution in [0.4, 0.5) is 23.4 Å². The van der Waals surface area contributed by atoms with Crippen LogP contribution in [0.2, 0.25) is 0 Å². The highest BCUT2D eigenvalue weighted by Gasteiger charge is 2.35. The predicted molar refractivity (Wildman–Crippen MR) is 135 cm³/mol. The summed E-state index contributed by atoms with van der Waals surface area (Å²) in [4.78, 5) is 11.4. The maximum atomic E-state index is 14.8. The lowest BCUT2D eigenvalue weighted by Gasteiger charge is -2.28. The molecule has 0 bridgehead atoms. The van der Waals surface area contributed by atoms with Gasteiger partial charge < -0.3 is 14.8 Å². The van der Waals surface area contributed by atoms with Gasteiger partial charge >= 0.3 is 6.18 Å². The summed E-state index contributed by atoms with van der Waals surface area (Å²) in [6.45, 7) is 9.15. The zero-order valence-electron chi connectivity index (χ0n) is 21.6. The number of nitrogens with zero attached hydrogens (tertiary/aromatic N) is 3. The van der Waals surface area contributed by atoms with Crippen molar-refractivity contribution >= 4 is 16.7 Å². The van der Waals surface area contributed by atoms with Crippen LogP contribution in [0.5, 0.6) is 11.5 Å². The molecule has 37 heavy (non-hydrogen) atoms. The topological polar surface area (TPSA) is 59.5 Å².